The van der Waals surface area contributed by atoms with Gasteiger partial charge in [0.2, 0.25) is 0 Å². The van der Waals surface area contributed by atoms with Gasteiger partial charge in [-0.15, -0.1) is 0 Å². The van der Waals surface area contributed by atoms with E-state index in [9.17, 15) is 0 Å². The second-order valence-electron chi connectivity index (χ2n) is 6.48. The third-order valence-electron chi connectivity index (χ3n) is 4.34. The number of allylic oxidation sites excluding steroid dienone is 2. The van der Waals surface area contributed by atoms with E-state index in [4.69, 9.17) is 0 Å². The summed E-state index contributed by atoms with van der Waals surface area (Å²) >= 11 is 4.55. The first-order valence-corrected chi connectivity index (χ1v) is 15.9. The second-order valence-corrected chi connectivity index (χ2v) is 15.8. The van der Waals surface area contributed by atoms with Crippen molar-refractivity contribution in [2.24, 2.45) is 15.0 Å². The molecule has 2 aromatic rings. The Morgan fingerprint density at radius 2 is 1.25 bits per heavy atom. The summed E-state index contributed by atoms with van der Waals surface area (Å²) in [4.78, 5) is 13.9. The molecule has 0 radical (unpaired) electrons. The number of aliphatic imine (C=N–C) groups is 3. The molecule has 2 aromatic carbocycles. The van der Waals surface area contributed by atoms with Gasteiger partial charge in [0, 0.05) is 12.6 Å². The van der Waals surface area contributed by atoms with Crippen molar-refractivity contribution in [2.75, 3.05) is 0 Å². The molecule has 6 heteroatoms. The molecule has 3 nitrogen and oxygen atoms in total. The normalized spacial score (nSPS) is 13.6. The molecular formula is C22H23FeI2N3. The minimum absolute atomic E-state index is 0.794. The van der Waals surface area contributed by atoms with Crippen molar-refractivity contribution in [3.63, 3.8) is 0 Å². The van der Waals surface area contributed by atoms with Gasteiger partial charge in [-0.05, 0) is 49.9 Å². The molecule has 28 heavy (non-hydrogen) atoms. The standard InChI is InChI=1S/C22H23N3.Fe.2HI/c1-15-7-5-8-16(2)21(15)23-13-19-11-12-20(25-19)14-24-22-17(3)9-6-10-18(22)4;;;/h5-11,13-14H,12H2,1-4H3;;2*1H/q;+2;;/p-2. The Morgan fingerprint density at radius 1 is 0.821 bits per heavy atom. The quantitative estimate of drug-likeness (QED) is 0.189. The van der Waals surface area contributed by atoms with Crippen LogP contribution in [0.2, 0.25) is 0 Å². The fraction of sp³-hybridized carbons (Fsp3) is 0.227. The van der Waals surface area contributed by atoms with E-state index in [2.05, 4.69) is 126 Å². The minimum atomic E-state index is 0.794. The SMILES string of the molecule is Cc1cccc(C)c1N=CC1=CCC(C=Nc2c(C)cccc2C)=N1.[I][Fe][I]. The van der Waals surface area contributed by atoms with Crippen LogP contribution in [0.1, 0.15) is 28.7 Å². The number of benzene rings is 2. The molecule has 0 fully saturated rings. The number of nitrogens with zero attached hydrogens (tertiary/aromatic N) is 3. The molecule has 0 bridgehead atoms. The van der Waals surface area contributed by atoms with Crippen molar-refractivity contribution in [1.29, 1.82) is 0 Å². The average Bonchev–Trinajstić information content (AvgIpc) is 3.09. The van der Waals surface area contributed by atoms with Crippen molar-refractivity contribution in [1.82, 2.24) is 0 Å². The molecule has 1 aliphatic rings. The van der Waals surface area contributed by atoms with Crippen LogP contribution >= 0.6 is 40.7 Å². The fourth-order valence-corrected chi connectivity index (χ4v) is 2.92. The Bertz CT molecular complexity index is 906. The van der Waals surface area contributed by atoms with Crippen LogP contribution in [-0.4, -0.2) is 18.1 Å². The summed E-state index contributed by atoms with van der Waals surface area (Å²) in [5.41, 5.74) is 8.63. The zero-order valence-corrected chi connectivity index (χ0v) is 21.8. The predicted molar refractivity (Wildman–Crippen MR) is 136 cm³/mol. The fourth-order valence-electron chi connectivity index (χ4n) is 2.92. The Hall–Kier alpha value is -0.831. The first-order chi connectivity index (χ1) is 13.5. The Labute approximate surface area is 196 Å². The van der Waals surface area contributed by atoms with Crippen molar-refractivity contribution in [3.05, 3.63) is 70.4 Å². The first kappa shape index (κ1) is 23.4. The van der Waals surface area contributed by atoms with Crippen LogP contribution < -0.4 is 0 Å². The monoisotopic (exact) mass is 639 g/mol. The van der Waals surface area contributed by atoms with Crippen molar-refractivity contribution >= 4 is 70.2 Å². The number of hydrogen-bond acceptors (Lipinski definition) is 3. The van der Waals surface area contributed by atoms with Crippen LogP contribution in [0, 0.1) is 27.7 Å². The van der Waals surface area contributed by atoms with E-state index in [0.717, 1.165) is 29.2 Å². The molecule has 0 saturated heterocycles. The zero-order valence-electron chi connectivity index (χ0n) is 16.4. The molecule has 0 amide bonds. The average molecular weight is 639 g/mol. The summed E-state index contributed by atoms with van der Waals surface area (Å²) in [5, 5.41) is 0. The zero-order chi connectivity index (χ0) is 20.5. The van der Waals surface area contributed by atoms with Gasteiger partial charge in [0.1, 0.15) is 0 Å². The van der Waals surface area contributed by atoms with Crippen LogP contribution in [0.4, 0.5) is 11.4 Å². The van der Waals surface area contributed by atoms with Gasteiger partial charge in [-0.1, -0.05) is 42.5 Å². The molecule has 148 valence electrons. The summed E-state index contributed by atoms with van der Waals surface area (Å²) in [6.45, 7) is 8.32. The second kappa shape index (κ2) is 12.0. The van der Waals surface area contributed by atoms with E-state index in [-0.39, 0.29) is 0 Å². The molecule has 0 atom stereocenters. The van der Waals surface area contributed by atoms with Gasteiger partial charge in [-0.2, -0.15) is 0 Å². The molecule has 1 heterocycles. The van der Waals surface area contributed by atoms with Crippen LogP contribution in [0.15, 0.2) is 63.1 Å². The van der Waals surface area contributed by atoms with Crippen molar-refractivity contribution in [2.45, 2.75) is 34.1 Å². The number of aryl methyl sites for hydroxylation is 4. The van der Waals surface area contributed by atoms with Gasteiger partial charge in [0.05, 0.1) is 29.0 Å². The molecule has 0 N–H and O–H groups in total. The van der Waals surface area contributed by atoms with Crippen LogP contribution in [0.5, 0.6) is 0 Å². The van der Waals surface area contributed by atoms with Crippen LogP contribution in [0.25, 0.3) is 0 Å². The summed E-state index contributed by atoms with van der Waals surface area (Å²) < 4.78 is 0. The molecule has 3 rings (SSSR count). The van der Waals surface area contributed by atoms with Crippen LogP contribution in [0.3, 0.4) is 0 Å². The molecule has 1 aliphatic heterocycles. The summed E-state index contributed by atoms with van der Waals surface area (Å²) in [5.74, 6) is 0. The van der Waals surface area contributed by atoms with Gasteiger partial charge in [0.25, 0.3) is 0 Å². The van der Waals surface area contributed by atoms with E-state index in [1.807, 2.05) is 12.4 Å². The number of halogens is 2. The summed E-state index contributed by atoms with van der Waals surface area (Å²) in [6, 6.07) is 12.4. The predicted octanol–water partition coefficient (Wildman–Crippen LogP) is 7.52. The number of hydrogen-bond donors (Lipinski definition) is 0. The first-order valence-electron chi connectivity index (χ1n) is 8.79. The molecule has 0 spiro atoms. The van der Waals surface area contributed by atoms with E-state index in [1.165, 1.54) is 30.7 Å². The van der Waals surface area contributed by atoms with E-state index in [1.54, 1.807) is 0 Å². The Balaban J connectivity index is 0.000000878. The molecule has 0 aromatic heterocycles. The maximum atomic E-state index is 4.63. The van der Waals surface area contributed by atoms with Gasteiger partial charge in [-0.25, -0.2) is 0 Å². The number of para-hydroxylation sites is 2. The van der Waals surface area contributed by atoms with Crippen LogP contribution in [-0.2, 0) is 8.46 Å². The molecule has 0 aliphatic carbocycles. The summed E-state index contributed by atoms with van der Waals surface area (Å²) in [7, 11) is 1.19. The van der Waals surface area contributed by atoms with E-state index < -0.39 is 0 Å². The van der Waals surface area contributed by atoms with Gasteiger partial charge in [-0.3, -0.25) is 15.0 Å². The van der Waals surface area contributed by atoms with Gasteiger partial charge in [0.15, 0.2) is 0 Å². The van der Waals surface area contributed by atoms with Gasteiger partial charge < -0.3 is 0 Å². The van der Waals surface area contributed by atoms with Crippen molar-refractivity contribution in [3.8, 4) is 0 Å². The van der Waals surface area contributed by atoms with E-state index >= 15 is 0 Å². The molecule has 0 unspecified atom stereocenters. The topological polar surface area (TPSA) is 37.1 Å². The third kappa shape index (κ3) is 6.90. The Kier molecular flexibility index (Phi) is 10.0. The van der Waals surface area contributed by atoms with Crippen molar-refractivity contribution < 1.29 is 8.46 Å². The Morgan fingerprint density at radius 3 is 1.71 bits per heavy atom. The number of rotatable bonds is 4. The summed E-state index contributed by atoms with van der Waals surface area (Å²) in [6.07, 6.45) is 6.59. The van der Waals surface area contributed by atoms with E-state index in [0.29, 0.717) is 0 Å². The molecule has 0 saturated carbocycles. The maximum absolute atomic E-state index is 4.63. The molecular weight excluding hydrogens is 616 g/mol. The van der Waals surface area contributed by atoms with Gasteiger partial charge >= 0.3 is 49.1 Å². The third-order valence-corrected chi connectivity index (χ3v) is 4.34.